The first-order valence-corrected chi connectivity index (χ1v) is 7.07. The number of likely N-dealkylation sites (N-methyl/N-ethyl adjacent to an activating group) is 1. The molecule has 1 aromatic rings. The van der Waals surface area contributed by atoms with Crippen LogP contribution in [0, 0.1) is 0 Å². The first-order chi connectivity index (χ1) is 8.79. The van der Waals surface area contributed by atoms with Crippen molar-refractivity contribution in [1.29, 1.82) is 0 Å². The lowest BCUT2D eigenvalue weighted by Crippen LogP contribution is -2.46. The smallest absolute Gasteiger partial charge is 0.0346 e. The number of hydrogen-bond donors (Lipinski definition) is 1. The van der Waals surface area contributed by atoms with Gasteiger partial charge in [-0.05, 0) is 37.6 Å². The Morgan fingerprint density at radius 1 is 1.06 bits per heavy atom. The van der Waals surface area contributed by atoms with Crippen molar-refractivity contribution in [1.82, 2.24) is 9.80 Å². The predicted molar refractivity (Wildman–Crippen MR) is 77.7 cm³/mol. The highest BCUT2D eigenvalue weighted by Crippen LogP contribution is 2.13. The summed E-state index contributed by atoms with van der Waals surface area (Å²) in [7, 11) is 0. The van der Waals surface area contributed by atoms with Gasteiger partial charge in [-0.2, -0.15) is 0 Å². The molecule has 0 saturated carbocycles. The van der Waals surface area contributed by atoms with Gasteiger partial charge in [-0.1, -0.05) is 25.1 Å². The van der Waals surface area contributed by atoms with Gasteiger partial charge in [-0.25, -0.2) is 0 Å². The zero-order valence-electron chi connectivity index (χ0n) is 11.4. The third-order valence-electron chi connectivity index (χ3n) is 3.89. The van der Waals surface area contributed by atoms with Gasteiger partial charge in [0.25, 0.3) is 0 Å². The van der Waals surface area contributed by atoms with Crippen molar-refractivity contribution in [2.45, 2.75) is 19.8 Å². The number of hydrogen-bond acceptors (Lipinski definition) is 3. The molecule has 0 amide bonds. The summed E-state index contributed by atoms with van der Waals surface area (Å²) in [6.07, 6.45) is 2.31. The number of para-hydroxylation sites is 1. The van der Waals surface area contributed by atoms with Gasteiger partial charge in [-0.15, -0.1) is 0 Å². The molecule has 3 heteroatoms. The van der Waals surface area contributed by atoms with Gasteiger partial charge in [0.15, 0.2) is 0 Å². The fourth-order valence-electron chi connectivity index (χ4n) is 2.58. The zero-order valence-corrected chi connectivity index (χ0v) is 11.4. The summed E-state index contributed by atoms with van der Waals surface area (Å²) in [5, 5.41) is 0. The second kappa shape index (κ2) is 6.76. The van der Waals surface area contributed by atoms with E-state index in [1.54, 1.807) is 0 Å². The second-order valence-electron chi connectivity index (χ2n) is 5.08. The predicted octanol–water partition coefficient (Wildman–Crippen LogP) is 1.84. The molecule has 0 spiro atoms. The van der Waals surface area contributed by atoms with Crippen molar-refractivity contribution in [3.63, 3.8) is 0 Å². The fourth-order valence-corrected chi connectivity index (χ4v) is 2.58. The van der Waals surface area contributed by atoms with Crippen molar-refractivity contribution in [2.24, 2.45) is 0 Å². The lowest BCUT2D eigenvalue weighted by atomic mass is 10.1. The molecule has 0 atom stereocenters. The van der Waals surface area contributed by atoms with Crippen LogP contribution in [0.1, 0.15) is 18.9 Å². The van der Waals surface area contributed by atoms with Crippen molar-refractivity contribution < 1.29 is 0 Å². The van der Waals surface area contributed by atoms with E-state index in [4.69, 9.17) is 5.73 Å². The van der Waals surface area contributed by atoms with E-state index >= 15 is 0 Å². The second-order valence-corrected chi connectivity index (χ2v) is 5.08. The summed E-state index contributed by atoms with van der Waals surface area (Å²) in [5.74, 6) is 0. The Labute approximate surface area is 111 Å². The van der Waals surface area contributed by atoms with E-state index in [1.165, 1.54) is 51.3 Å². The van der Waals surface area contributed by atoms with E-state index in [0.717, 1.165) is 12.1 Å². The molecule has 0 unspecified atom stereocenters. The van der Waals surface area contributed by atoms with Gasteiger partial charge in [0.2, 0.25) is 0 Å². The monoisotopic (exact) mass is 247 g/mol. The SMILES string of the molecule is CCN1CCN(CCCc2ccccc2N)CC1. The van der Waals surface area contributed by atoms with E-state index < -0.39 is 0 Å². The quantitative estimate of drug-likeness (QED) is 0.806. The molecular formula is C15H25N3. The van der Waals surface area contributed by atoms with Gasteiger partial charge >= 0.3 is 0 Å². The molecule has 18 heavy (non-hydrogen) atoms. The number of piperazine rings is 1. The average molecular weight is 247 g/mol. The minimum Gasteiger partial charge on any atom is -0.399 e. The maximum atomic E-state index is 5.96. The van der Waals surface area contributed by atoms with Crippen LogP contribution in [0.5, 0.6) is 0 Å². The number of rotatable bonds is 5. The molecule has 2 rings (SSSR count). The number of nitrogens with zero attached hydrogens (tertiary/aromatic N) is 2. The highest BCUT2D eigenvalue weighted by molar-refractivity contribution is 5.46. The average Bonchev–Trinajstić information content (AvgIpc) is 2.42. The standard InChI is InChI=1S/C15H25N3/c1-2-17-10-12-18(13-11-17)9-5-7-14-6-3-4-8-15(14)16/h3-4,6,8H,2,5,7,9-13,16H2,1H3. The van der Waals surface area contributed by atoms with Crippen molar-refractivity contribution in [3.8, 4) is 0 Å². The van der Waals surface area contributed by atoms with Gasteiger partial charge in [0.05, 0.1) is 0 Å². The minimum atomic E-state index is 0.938. The molecule has 1 saturated heterocycles. The van der Waals surface area contributed by atoms with Crippen LogP contribution in [0.2, 0.25) is 0 Å². The summed E-state index contributed by atoms with van der Waals surface area (Å²) in [6.45, 7) is 9.53. The van der Waals surface area contributed by atoms with Gasteiger partial charge in [-0.3, -0.25) is 0 Å². The summed E-state index contributed by atoms with van der Waals surface area (Å²) < 4.78 is 0. The van der Waals surface area contributed by atoms with Crippen LogP contribution in [0.3, 0.4) is 0 Å². The van der Waals surface area contributed by atoms with Crippen LogP contribution in [0.25, 0.3) is 0 Å². The molecule has 0 aromatic heterocycles. The Kier molecular flexibility index (Phi) is 5.02. The van der Waals surface area contributed by atoms with E-state index in [-0.39, 0.29) is 0 Å². The molecule has 3 nitrogen and oxygen atoms in total. The van der Waals surface area contributed by atoms with Crippen LogP contribution >= 0.6 is 0 Å². The molecule has 1 aliphatic rings. The molecule has 1 heterocycles. The highest BCUT2D eigenvalue weighted by Gasteiger charge is 2.14. The fraction of sp³-hybridized carbons (Fsp3) is 0.600. The maximum Gasteiger partial charge on any atom is 0.0346 e. The number of nitrogen functional groups attached to an aromatic ring is 1. The van der Waals surface area contributed by atoms with Gasteiger partial charge in [0, 0.05) is 31.9 Å². The van der Waals surface area contributed by atoms with Gasteiger partial charge in [0.1, 0.15) is 0 Å². The highest BCUT2D eigenvalue weighted by atomic mass is 15.3. The molecule has 0 radical (unpaired) electrons. The van der Waals surface area contributed by atoms with Crippen LogP contribution in [-0.4, -0.2) is 49.1 Å². The molecule has 0 bridgehead atoms. The Hall–Kier alpha value is -1.06. The van der Waals surface area contributed by atoms with E-state index in [1.807, 2.05) is 12.1 Å². The number of benzene rings is 1. The number of anilines is 1. The first-order valence-electron chi connectivity index (χ1n) is 7.07. The minimum absolute atomic E-state index is 0.938. The van der Waals surface area contributed by atoms with Crippen LogP contribution < -0.4 is 5.73 Å². The Balaban J connectivity index is 1.69. The topological polar surface area (TPSA) is 32.5 Å². The largest absolute Gasteiger partial charge is 0.399 e. The molecule has 1 aliphatic heterocycles. The third kappa shape index (κ3) is 3.72. The summed E-state index contributed by atoms with van der Waals surface area (Å²) in [5.41, 5.74) is 8.19. The van der Waals surface area contributed by atoms with Gasteiger partial charge < -0.3 is 15.5 Å². The van der Waals surface area contributed by atoms with E-state index in [9.17, 15) is 0 Å². The summed E-state index contributed by atoms with van der Waals surface area (Å²) in [6, 6.07) is 8.22. The Morgan fingerprint density at radius 3 is 2.39 bits per heavy atom. The Bertz CT molecular complexity index is 357. The van der Waals surface area contributed by atoms with Crippen LogP contribution in [-0.2, 0) is 6.42 Å². The molecule has 0 aliphatic carbocycles. The number of aryl methyl sites for hydroxylation is 1. The van der Waals surface area contributed by atoms with E-state index in [2.05, 4.69) is 28.9 Å². The maximum absolute atomic E-state index is 5.96. The number of nitrogens with two attached hydrogens (primary N) is 1. The summed E-state index contributed by atoms with van der Waals surface area (Å²) in [4.78, 5) is 5.09. The van der Waals surface area contributed by atoms with E-state index in [0.29, 0.717) is 0 Å². The molecular weight excluding hydrogens is 222 g/mol. The summed E-state index contributed by atoms with van der Waals surface area (Å²) >= 11 is 0. The third-order valence-corrected chi connectivity index (χ3v) is 3.89. The molecule has 1 fully saturated rings. The van der Waals surface area contributed by atoms with Crippen molar-refractivity contribution in [2.75, 3.05) is 45.0 Å². The molecule has 1 aromatic carbocycles. The van der Waals surface area contributed by atoms with Crippen LogP contribution in [0.15, 0.2) is 24.3 Å². The lowest BCUT2D eigenvalue weighted by molar-refractivity contribution is 0.136. The zero-order chi connectivity index (χ0) is 12.8. The lowest BCUT2D eigenvalue weighted by Gasteiger charge is -2.34. The van der Waals surface area contributed by atoms with Crippen molar-refractivity contribution in [3.05, 3.63) is 29.8 Å². The molecule has 2 N–H and O–H groups in total. The van der Waals surface area contributed by atoms with Crippen LogP contribution in [0.4, 0.5) is 5.69 Å². The first kappa shape index (κ1) is 13.4. The Morgan fingerprint density at radius 2 is 1.72 bits per heavy atom. The normalized spacial score (nSPS) is 18.1. The molecule has 100 valence electrons. The van der Waals surface area contributed by atoms with Crippen molar-refractivity contribution >= 4 is 5.69 Å².